The molecular weight excluding hydrogens is 208 g/mol. The van der Waals surface area contributed by atoms with E-state index in [1.807, 2.05) is 6.92 Å². The largest absolute Gasteiger partial charge is 0.394 e. The van der Waals surface area contributed by atoms with E-state index in [1.165, 1.54) is 0 Å². The first-order valence-electron chi connectivity index (χ1n) is 5.23. The van der Waals surface area contributed by atoms with Crippen molar-refractivity contribution in [3.63, 3.8) is 0 Å². The monoisotopic (exact) mass is 226 g/mol. The number of carbonyl (C=O) groups excluding carboxylic acids is 1. The second-order valence-electron chi connectivity index (χ2n) is 3.47. The normalized spacial score (nSPS) is 10.4. The van der Waals surface area contributed by atoms with E-state index in [-0.39, 0.29) is 5.91 Å². The summed E-state index contributed by atoms with van der Waals surface area (Å²) in [6.07, 6.45) is 0.317. The SMILES string of the molecule is CCOCCC(=O)Nc1c(N)c(C)nn1C. The maximum Gasteiger partial charge on any atom is 0.227 e. The van der Waals surface area contributed by atoms with E-state index in [9.17, 15) is 4.79 Å². The summed E-state index contributed by atoms with van der Waals surface area (Å²) in [6.45, 7) is 4.71. The summed E-state index contributed by atoms with van der Waals surface area (Å²) in [4.78, 5) is 11.5. The molecular formula is C10H18N4O2. The molecule has 1 heterocycles. The fraction of sp³-hybridized carbons (Fsp3) is 0.600. The molecule has 0 unspecified atom stereocenters. The molecule has 0 saturated carbocycles. The summed E-state index contributed by atoms with van der Waals surface area (Å²) in [5.41, 5.74) is 6.99. The molecule has 6 nitrogen and oxygen atoms in total. The van der Waals surface area contributed by atoms with E-state index in [0.717, 1.165) is 0 Å². The smallest absolute Gasteiger partial charge is 0.227 e. The third kappa shape index (κ3) is 2.96. The summed E-state index contributed by atoms with van der Waals surface area (Å²) in [6, 6.07) is 0. The first kappa shape index (κ1) is 12.5. The number of nitrogens with one attached hydrogen (secondary N) is 1. The van der Waals surface area contributed by atoms with Gasteiger partial charge in [0.1, 0.15) is 0 Å². The minimum Gasteiger partial charge on any atom is -0.394 e. The van der Waals surface area contributed by atoms with Gasteiger partial charge in [-0.05, 0) is 13.8 Å². The highest BCUT2D eigenvalue weighted by atomic mass is 16.5. The number of nitrogens with two attached hydrogens (primary N) is 1. The van der Waals surface area contributed by atoms with E-state index in [1.54, 1.807) is 18.7 Å². The van der Waals surface area contributed by atoms with Crippen LogP contribution in [0.25, 0.3) is 0 Å². The van der Waals surface area contributed by atoms with Gasteiger partial charge in [0.2, 0.25) is 5.91 Å². The Morgan fingerprint density at radius 2 is 2.31 bits per heavy atom. The minimum atomic E-state index is -0.122. The molecule has 0 bridgehead atoms. The number of hydrogen-bond acceptors (Lipinski definition) is 4. The van der Waals surface area contributed by atoms with E-state index in [4.69, 9.17) is 10.5 Å². The van der Waals surface area contributed by atoms with Crippen molar-refractivity contribution in [1.82, 2.24) is 9.78 Å². The van der Waals surface area contributed by atoms with Crippen LogP contribution in [0.1, 0.15) is 19.0 Å². The number of aromatic nitrogens is 2. The van der Waals surface area contributed by atoms with Crippen molar-refractivity contribution in [2.75, 3.05) is 24.3 Å². The summed E-state index contributed by atoms with van der Waals surface area (Å²) in [5, 5.41) is 6.82. The molecule has 0 spiro atoms. The summed E-state index contributed by atoms with van der Waals surface area (Å²) in [5.74, 6) is 0.419. The Balaban J connectivity index is 2.56. The summed E-state index contributed by atoms with van der Waals surface area (Å²) in [7, 11) is 1.74. The maximum absolute atomic E-state index is 11.5. The standard InChI is InChI=1S/C10H18N4O2/c1-4-16-6-5-8(15)12-10-9(11)7(2)13-14(10)3/h4-6,11H2,1-3H3,(H,12,15). The molecule has 1 aromatic heterocycles. The molecule has 1 amide bonds. The van der Waals surface area contributed by atoms with Crippen molar-refractivity contribution in [1.29, 1.82) is 0 Å². The highest BCUT2D eigenvalue weighted by Gasteiger charge is 2.12. The van der Waals surface area contributed by atoms with E-state index in [2.05, 4.69) is 10.4 Å². The van der Waals surface area contributed by atoms with Crippen molar-refractivity contribution < 1.29 is 9.53 Å². The highest BCUT2D eigenvalue weighted by molar-refractivity contribution is 5.93. The van der Waals surface area contributed by atoms with Crippen molar-refractivity contribution in [2.45, 2.75) is 20.3 Å². The molecule has 0 aliphatic heterocycles. The Morgan fingerprint density at radius 1 is 1.62 bits per heavy atom. The predicted octanol–water partition coefficient (Wildman–Crippen LogP) is 0.676. The van der Waals surface area contributed by atoms with Crippen LogP contribution < -0.4 is 11.1 Å². The Bertz CT molecular complexity index is 373. The lowest BCUT2D eigenvalue weighted by molar-refractivity contribution is -0.117. The molecule has 0 aliphatic carbocycles. The number of hydrogen-bond donors (Lipinski definition) is 2. The van der Waals surface area contributed by atoms with Gasteiger partial charge < -0.3 is 15.8 Å². The van der Waals surface area contributed by atoms with Crippen LogP contribution in [0.5, 0.6) is 0 Å². The van der Waals surface area contributed by atoms with E-state index in [0.29, 0.717) is 36.8 Å². The quantitative estimate of drug-likeness (QED) is 0.723. The third-order valence-electron chi connectivity index (χ3n) is 2.20. The van der Waals surface area contributed by atoms with Crippen LogP contribution in [0, 0.1) is 6.92 Å². The topological polar surface area (TPSA) is 82.2 Å². The van der Waals surface area contributed by atoms with Crippen LogP contribution >= 0.6 is 0 Å². The van der Waals surface area contributed by atoms with Crippen LogP contribution in [-0.2, 0) is 16.6 Å². The van der Waals surface area contributed by atoms with Crippen molar-refractivity contribution in [3.05, 3.63) is 5.69 Å². The van der Waals surface area contributed by atoms with Gasteiger partial charge in [-0.3, -0.25) is 9.48 Å². The van der Waals surface area contributed by atoms with Crippen molar-refractivity contribution in [2.24, 2.45) is 7.05 Å². The van der Waals surface area contributed by atoms with Crippen LogP contribution in [0.15, 0.2) is 0 Å². The van der Waals surface area contributed by atoms with E-state index < -0.39 is 0 Å². The Kier molecular flexibility index (Phi) is 4.30. The van der Waals surface area contributed by atoms with Crippen molar-refractivity contribution >= 4 is 17.4 Å². The molecule has 0 radical (unpaired) electrons. The molecule has 1 rings (SSSR count). The van der Waals surface area contributed by atoms with Gasteiger partial charge in [-0.2, -0.15) is 5.10 Å². The third-order valence-corrected chi connectivity index (χ3v) is 2.20. The number of rotatable bonds is 5. The number of nitrogens with zero attached hydrogens (tertiary/aromatic N) is 2. The van der Waals surface area contributed by atoms with Gasteiger partial charge >= 0.3 is 0 Å². The lowest BCUT2D eigenvalue weighted by Gasteiger charge is -2.06. The van der Waals surface area contributed by atoms with Gasteiger partial charge in [0.15, 0.2) is 5.82 Å². The van der Waals surface area contributed by atoms with Gasteiger partial charge in [0.05, 0.1) is 24.4 Å². The number of ether oxygens (including phenoxy) is 1. The molecule has 6 heteroatoms. The van der Waals surface area contributed by atoms with Gasteiger partial charge in [-0.15, -0.1) is 0 Å². The number of nitrogen functional groups attached to an aromatic ring is 1. The second-order valence-corrected chi connectivity index (χ2v) is 3.47. The summed E-state index contributed by atoms with van der Waals surface area (Å²) < 4.78 is 6.65. The fourth-order valence-corrected chi connectivity index (χ4v) is 1.33. The van der Waals surface area contributed by atoms with Crippen LogP contribution in [0.3, 0.4) is 0 Å². The average Bonchev–Trinajstić information content (AvgIpc) is 2.46. The lowest BCUT2D eigenvalue weighted by atomic mass is 10.3. The Hall–Kier alpha value is -1.56. The average molecular weight is 226 g/mol. The molecule has 0 aliphatic rings. The molecule has 0 fully saturated rings. The van der Waals surface area contributed by atoms with Gasteiger partial charge in [0, 0.05) is 13.7 Å². The zero-order chi connectivity index (χ0) is 12.1. The number of carbonyl (C=O) groups is 1. The van der Waals surface area contributed by atoms with Crippen LogP contribution in [0.2, 0.25) is 0 Å². The molecule has 0 aromatic carbocycles. The van der Waals surface area contributed by atoms with Gasteiger partial charge in [0.25, 0.3) is 0 Å². The summed E-state index contributed by atoms with van der Waals surface area (Å²) >= 11 is 0. The minimum absolute atomic E-state index is 0.122. The van der Waals surface area contributed by atoms with Crippen molar-refractivity contribution in [3.8, 4) is 0 Å². The fourth-order valence-electron chi connectivity index (χ4n) is 1.33. The van der Waals surface area contributed by atoms with Crippen LogP contribution in [0.4, 0.5) is 11.5 Å². The number of amides is 1. The maximum atomic E-state index is 11.5. The first-order valence-corrected chi connectivity index (χ1v) is 5.23. The highest BCUT2D eigenvalue weighted by Crippen LogP contribution is 2.20. The second kappa shape index (κ2) is 5.50. The molecule has 16 heavy (non-hydrogen) atoms. The zero-order valence-electron chi connectivity index (χ0n) is 9.91. The number of aryl methyl sites for hydroxylation is 2. The van der Waals surface area contributed by atoms with Crippen LogP contribution in [-0.4, -0.2) is 28.9 Å². The molecule has 3 N–H and O–H groups in total. The van der Waals surface area contributed by atoms with Gasteiger partial charge in [-0.25, -0.2) is 0 Å². The molecule has 90 valence electrons. The van der Waals surface area contributed by atoms with Gasteiger partial charge in [-0.1, -0.05) is 0 Å². The molecule has 0 saturated heterocycles. The Labute approximate surface area is 94.8 Å². The Morgan fingerprint density at radius 3 is 2.81 bits per heavy atom. The lowest BCUT2D eigenvalue weighted by Crippen LogP contribution is -2.17. The zero-order valence-corrected chi connectivity index (χ0v) is 9.91. The molecule has 1 aromatic rings. The first-order chi connectivity index (χ1) is 7.56. The van der Waals surface area contributed by atoms with E-state index >= 15 is 0 Å². The number of anilines is 2. The molecule has 0 atom stereocenters. The predicted molar refractivity (Wildman–Crippen MR) is 62.1 cm³/mol.